The van der Waals surface area contributed by atoms with Gasteiger partial charge in [0.25, 0.3) is 0 Å². The number of likely N-dealkylation sites (tertiary alicyclic amines) is 1. The predicted octanol–water partition coefficient (Wildman–Crippen LogP) is 2.86. The quantitative estimate of drug-likeness (QED) is 0.773. The zero-order valence-electron chi connectivity index (χ0n) is 13.9. The zero-order chi connectivity index (χ0) is 14.9. The Hall–Kier alpha value is -0.570. The van der Waals surface area contributed by atoms with Gasteiger partial charge in [0.05, 0.1) is 0 Å². The van der Waals surface area contributed by atoms with Gasteiger partial charge in [-0.1, -0.05) is 27.7 Å². The third-order valence-corrected chi connectivity index (χ3v) is 5.21. The second kappa shape index (κ2) is 6.46. The maximum atomic E-state index is 12.1. The summed E-state index contributed by atoms with van der Waals surface area (Å²) in [7, 11) is 2.00. The number of fused-ring (bicyclic) bond motifs is 1. The molecule has 1 saturated carbocycles. The van der Waals surface area contributed by atoms with E-state index in [9.17, 15) is 4.79 Å². The standard InChI is InChI=1S/C17H32N2O/c1-12(2)6-7-19-10-14-8-16(9-15(14)11-19)18(5)17(20)13(3)4/h12-16H,6-11H2,1-5H3/t14-,15-/m0/s1. The molecule has 0 aromatic heterocycles. The monoisotopic (exact) mass is 280 g/mol. The number of rotatable bonds is 5. The van der Waals surface area contributed by atoms with Crippen LogP contribution in [0.1, 0.15) is 47.0 Å². The number of hydrogen-bond donors (Lipinski definition) is 0. The molecule has 2 aliphatic rings. The lowest BCUT2D eigenvalue weighted by Crippen LogP contribution is -2.39. The molecule has 1 aliphatic heterocycles. The van der Waals surface area contributed by atoms with Crippen molar-refractivity contribution in [1.82, 2.24) is 9.80 Å². The van der Waals surface area contributed by atoms with Crippen molar-refractivity contribution >= 4 is 5.91 Å². The first-order chi connectivity index (χ1) is 9.38. The minimum Gasteiger partial charge on any atom is -0.343 e. The third-order valence-electron chi connectivity index (χ3n) is 5.21. The lowest BCUT2D eigenvalue weighted by molar-refractivity contribution is -0.135. The minimum atomic E-state index is 0.128. The molecule has 0 aromatic carbocycles. The molecular weight excluding hydrogens is 248 g/mol. The van der Waals surface area contributed by atoms with Crippen LogP contribution < -0.4 is 0 Å². The first-order valence-corrected chi connectivity index (χ1v) is 8.37. The average molecular weight is 280 g/mol. The van der Waals surface area contributed by atoms with Crippen molar-refractivity contribution in [1.29, 1.82) is 0 Å². The van der Waals surface area contributed by atoms with E-state index in [2.05, 4.69) is 18.7 Å². The van der Waals surface area contributed by atoms with Gasteiger partial charge in [-0.15, -0.1) is 0 Å². The van der Waals surface area contributed by atoms with Crippen molar-refractivity contribution in [3.8, 4) is 0 Å². The Bertz CT molecular complexity index is 326. The summed E-state index contributed by atoms with van der Waals surface area (Å²) < 4.78 is 0. The molecule has 1 aliphatic carbocycles. The summed E-state index contributed by atoms with van der Waals surface area (Å²) in [5, 5.41) is 0. The summed E-state index contributed by atoms with van der Waals surface area (Å²) in [4.78, 5) is 16.8. The molecule has 116 valence electrons. The van der Waals surface area contributed by atoms with E-state index in [0.717, 1.165) is 17.8 Å². The highest BCUT2D eigenvalue weighted by Gasteiger charge is 2.42. The van der Waals surface area contributed by atoms with E-state index in [4.69, 9.17) is 0 Å². The maximum absolute atomic E-state index is 12.1. The Kier molecular flexibility index (Phi) is 5.11. The molecule has 0 aromatic rings. The number of nitrogens with zero attached hydrogens (tertiary/aromatic N) is 2. The molecule has 0 spiro atoms. The highest BCUT2D eigenvalue weighted by atomic mass is 16.2. The van der Waals surface area contributed by atoms with Gasteiger partial charge >= 0.3 is 0 Å². The first kappa shape index (κ1) is 15.8. The minimum absolute atomic E-state index is 0.128. The van der Waals surface area contributed by atoms with Crippen LogP contribution in [-0.2, 0) is 4.79 Å². The summed E-state index contributed by atoms with van der Waals surface area (Å²) in [5.74, 6) is 2.90. The summed E-state index contributed by atoms with van der Waals surface area (Å²) in [6, 6.07) is 0.493. The molecule has 1 saturated heterocycles. The van der Waals surface area contributed by atoms with Crippen molar-refractivity contribution < 1.29 is 4.79 Å². The summed E-state index contributed by atoms with van der Waals surface area (Å²) in [6.45, 7) is 12.4. The van der Waals surface area contributed by atoms with Crippen LogP contribution in [0.5, 0.6) is 0 Å². The van der Waals surface area contributed by atoms with Crippen LogP contribution in [-0.4, -0.2) is 48.4 Å². The van der Waals surface area contributed by atoms with Gasteiger partial charge in [-0.3, -0.25) is 4.79 Å². The molecule has 0 unspecified atom stereocenters. The maximum Gasteiger partial charge on any atom is 0.225 e. The van der Waals surface area contributed by atoms with Crippen molar-refractivity contribution in [3.63, 3.8) is 0 Å². The molecule has 0 N–H and O–H groups in total. The normalized spacial score (nSPS) is 27.6. The second-order valence-electron chi connectivity index (χ2n) is 7.69. The number of hydrogen-bond acceptors (Lipinski definition) is 2. The van der Waals surface area contributed by atoms with Crippen molar-refractivity contribution in [2.75, 3.05) is 26.7 Å². The smallest absolute Gasteiger partial charge is 0.225 e. The Morgan fingerprint density at radius 3 is 2.15 bits per heavy atom. The molecule has 20 heavy (non-hydrogen) atoms. The molecule has 0 bridgehead atoms. The molecule has 2 rings (SSSR count). The van der Waals surface area contributed by atoms with E-state index in [1.807, 2.05) is 25.8 Å². The Balaban J connectivity index is 1.80. The Morgan fingerprint density at radius 2 is 1.70 bits per heavy atom. The fourth-order valence-corrected chi connectivity index (χ4v) is 3.89. The molecule has 3 heteroatoms. The molecule has 3 nitrogen and oxygen atoms in total. The van der Waals surface area contributed by atoms with E-state index in [1.54, 1.807) is 0 Å². The van der Waals surface area contributed by atoms with Gasteiger partial charge in [0.15, 0.2) is 0 Å². The van der Waals surface area contributed by atoms with Gasteiger partial charge in [-0.2, -0.15) is 0 Å². The fraction of sp³-hybridized carbons (Fsp3) is 0.941. The molecule has 1 amide bonds. The van der Waals surface area contributed by atoms with Crippen LogP contribution in [0.2, 0.25) is 0 Å². The fourth-order valence-electron chi connectivity index (χ4n) is 3.89. The summed E-state index contributed by atoms with van der Waals surface area (Å²) in [6.07, 6.45) is 3.75. The van der Waals surface area contributed by atoms with E-state index < -0.39 is 0 Å². The zero-order valence-corrected chi connectivity index (χ0v) is 13.9. The Labute approximate surface area is 124 Å². The first-order valence-electron chi connectivity index (χ1n) is 8.37. The van der Waals surface area contributed by atoms with Crippen LogP contribution >= 0.6 is 0 Å². The van der Waals surface area contributed by atoms with Crippen LogP contribution in [0.4, 0.5) is 0 Å². The van der Waals surface area contributed by atoms with Crippen molar-refractivity contribution in [2.45, 2.75) is 53.0 Å². The summed E-state index contributed by atoms with van der Waals surface area (Å²) in [5.41, 5.74) is 0. The van der Waals surface area contributed by atoms with Crippen LogP contribution in [0, 0.1) is 23.7 Å². The molecule has 2 atom stereocenters. The SMILES string of the molecule is CC(C)CCN1C[C@@H]2CC(N(C)C(=O)C(C)C)C[C@H]2C1. The molecule has 2 fully saturated rings. The number of carbonyl (C=O) groups is 1. The van der Waals surface area contributed by atoms with E-state index in [1.165, 1.54) is 38.9 Å². The molecular formula is C17H32N2O. The second-order valence-corrected chi connectivity index (χ2v) is 7.69. The Morgan fingerprint density at radius 1 is 1.15 bits per heavy atom. The highest BCUT2D eigenvalue weighted by Crippen LogP contribution is 2.40. The van der Waals surface area contributed by atoms with E-state index in [-0.39, 0.29) is 5.92 Å². The average Bonchev–Trinajstić information content (AvgIpc) is 2.92. The molecule has 1 heterocycles. The lowest BCUT2D eigenvalue weighted by Gasteiger charge is -2.28. The predicted molar refractivity (Wildman–Crippen MR) is 83.5 cm³/mol. The third kappa shape index (κ3) is 3.55. The van der Waals surface area contributed by atoms with Gasteiger partial charge < -0.3 is 9.80 Å². The van der Waals surface area contributed by atoms with E-state index in [0.29, 0.717) is 11.9 Å². The summed E-state index contributed by atoms with van der Waals surface area (Å²) >= 11 is 0. The topological polar surface area (TPSA) is 23.6 Å². The highest BCUT2D eigenvalue weighted by molar-refractivity contribution is 5.78. The van der Waals surface area contributed by atoms with Crippen LogP contribution in [0.25, 0.3) is 0 Å². The van der Waals surface area contributed by atoms with Crippen molar-refractivity contribution in [2.24, 2.45) is 23.7 Å². The van der Waals surface area contributed by atoms with Gasteiger partial charge in [0.2, 0.25) is 5.91 Å². The van der Waals surface area contributed by atoms with Crippen LogP contribution in [0.15, 0.2) is 0 Å². The van der Waals surface area contributed by atoms with E-state index >= 15 is 0 Å². The van der Waals surface area contributed by atoms with Gasteiger partial charge in [-0.05, 0) is 43.6 Å². The van der Waals surface area contributed by atoms with Gasteiger partial charge in [0.1, 0.15) is 0 Å². The van der Waals surface area contributed by atoms with Gasteiger partial charge in [0, 0.05) is 32.1 Å². The van der Waals surface area contributed by atoms with Crippen molar-refractivity contribution in [3.05, 3.63) is 0 Å². The van der Waals surface area contributed by atoms with Crippen LogP contribution in [0.3, 0.4) is 0 Å². The number of carbonyl (C=O) groups excluding carboxylic acids is 1. The largest absolute Gasteiger partial charge is 0.343 e. The number of amides is 1. The molecule has 0 radical (unpaired) electrons. The lowest BCUT2D eigenvalue weighted by atomic mass is 10.0. The van der Waals surface area contributed by atoms with Gasteiger partial charge in [-0.25, -0.2) is 0 Å².